The lowest BCUT2D eigenvalue weighted by molar-refractivity contribution is -0.116. The number of likely N-dealkylation sites (N-methyl/N-ethyl adjacent to an activating group) is 1. The van der Waals surface area contributed by atoms with Crippen molar-refractivity contribution in [2.75, 3.05) is 18.9 Å². The molecule has 2 aromatic rings. The zero-order chi connectivity index (χ0) is 17.7. The maximum atomic E-state index is 12.3. The third-order valence-corrected chi connectivity index (χ3v) is 5.32. The van der Waals surface area contributed by atoms with Gasteiger partial charge >= 0.3 is 0 Å². The number of nitrogens with zero attached hydrogens (tertiary/aromatic N) is 2. The quantitative estimate of drug-likeness (QED) is 0.883. The standard InChI is InChI=1S/C16H14ClN3O3S/c1-20(24(22,23)14-5-3-2-4-6-14)11-16(21)19-13-8-7-12(10-18)15(17)9-13/h2-9H,11H2,1H3,(H,19,21). The number of sulfonamides is 1. The number of hydrogen-bond acceptors (Lipinski definition) is 4. The summed E-state index contributed by atoms with van der Waals surface area (Å²) in [5, 5.41) is 11.6. The Hall–Kier alpha value is -2.40. The van der Waals surface area contributed by atoms with Crippen LogP contribution in [0.25, 0.3) is 0 Å². The van der Waals surface area contributed by atoms with Gasteiger partial charge in [-0.3, -0.25) is 4.79 Å². The number of benzene rings is 2. The molecular formula is C16H14ClN3O3S. The Morgan fingerprint density at radius 3 is 2.50 bits per heavy atom. The van der Waals surface area contributed by atoms with E-state index in [0.717, 1.165) is 4.31 Å². The molecule has 0 aromatic heterocycles. The highest BCUT2D eigenvalue weighted by molar-refractivity contribution is 7.89. The molecule has 1 amide bonds. The highest BCUT2D eigenvalue weighted by atomic mass is 35.5. The number of rotatable bonds is 5. The van der Waals surface area contributed by atoms with Crippen LogP contribution < -0.4 is 5.32 Å². The molecule has 0 fully saturated rings. The predicted octanol–water partition coefficient (Wildman–Crippen LogP) is 2.47. The zero-order valence-corrected chi connectivity index (χ0v) is 14.3. The smallest absolute Gasteiger partial charge is 0.243 e. The van der Waals surface area contributed by atoms with Gasteiger partial charge in [-0.2, -0.15) is 9.57 Å². The van der Waals surface area contributed by atoms with Gasteiger partial charge in [-0.05, 0) is 30.3 Å². The van der Waals surface area contributed by atoms with Crippen LogP contribution in [0.5, 0.6) is 0 Å². The zero-order valence-electron chi connectivity index (χ0n) is 12.7. The summed E-state index contributed by atoms with van der Waals surface area (Å²) in [7, 11) is -2.41. The van der Waals surface area contributed by atoms with Crippen molar-refractivity contribution in [3.8, 4) is 6.07 Å². The molecule has 0 saturated carbocycles. The second-order valence-electron chi connectivity index (χ2n) is 4.93. The van der Waals surface area contributed by atoms with Gasteiger partial charge in [0.2, 0.25) is 15.9 Å². The van der Waals surface area contributed by atoms with Crippen molar-refractivity contribution in [3.05, 3.63) is 59.1 Å². The summed E-state index contributed by atoms with van der Waals surface area (Å²) in [4.78, 5) is 12.2. The van der Waals surface area contributed by atoms with E-state index in [1.54, 1.807) is 18.2 Å². The normalized spacial score (nSPS) is 11.1. The van der Waals surface area contributed by atoms with Crippen molar-refractivity contribution in [1.82, 2.24) is 4.31 Å². The summed E-state index contributed by atoms with van der Waals surface area (Å²) in [6.45, 7) is -0.352. The Morgan fingerprint density at radius 1 is 1.25 bits per heavy atom. The van der Waals surface area contributed by atoms with Crippen LogP contribution in [0.4, 0.5) is 5.69 Å². The third-order valence-electron chi connectivity index (χ3n) is 3.19. The minimum Gasteiger partial charge on any atom is -0.325 e. The summed E-state index contributed by atoms with van der Waals surface area (Å²) < 4.78 is 25.7. The van der Waals surface area contributed by atoms with Gasteiger partial charge in [-0.1, -0.05) is 29.8 Å². The lowest BCUT2D eigenvalue weighted by atomic mass is 10.2. The monoisotopic (exact) mass is 363 g/mol. The Bertz CT molecular complexity index is 893. The fraction of sp³-hybridized carbons (Fsp3) is 0.125. The molecule has 1 N–H and O–H groups in total. The SMILES string of the molecule is CN(CC(=O)Nc1ccc(C#N)c(Cl)c1)S(=O)(=O)c1ccccc1. The van der Waals surface area contributed by atoms with Crippen molar-refractivity contribution in [1.29, 1.82) is 5.26 Å². The molecule has 2 aromatic carbocycles. The molecule has 8 heteroatoms. The number of anilines is 1. The van der Waals surface area contributed by atoms with Crippen LogP contribution in [0.15, 0.2) is 53.4 Å². The van der Waals surface area contributed by atoms with E-state index in [9.17, 15) is 13.2 Å². The van der Waals surface area contributed by atoms with Crippen molar-refractivity contribution in [2.24, 2.45) is 0 Å². The Balaban J connectivity index is 2.07. The molecule has 0 radical (unpaired) electrons. The van der Waals surface area contributed by atoms with Crippen molar-refractivity contribution >= 4 is 33.2 Å². The average Bonchev–Trinajstić information content (AvgIpc) is 2.55. The Morgan fingerprint density at radius 2 is 1.92 bits per heavy atom. The number of halogens is 1. The van der Waals surface area contributed by atoms with Crippen molar-refractivity contribution in [2.45, 2.75) is 4.90 Å². The topological polar surface area (TPSA) is 90.3 Å². The largest absolute Gasteiger partial charge is 0.325 e. The first-order valence-electron chi connectivity index (χ1n) is 6.85. The van der Waals surface area contributed by atoms with Crippen molar-refractivity contribution < 1.29 is 13.2 Å². The van der Waals surface area contributed by atoms with E-state index in [2.05, 4.69) is 5.32 Å². The first-order valence-corrected chi connectivity index (χ1v) is 8.67. The van der Waals surface area contributed by atoms with E-state index in [0.29, 0.717) is 11.3 Å². The summed E-state index contributed by atoms with van der Waals surface area (Å²) >= 11 is 5.89. The van der Waals surface area contributed by atoms with E-state index in [-0.39, 0.29) is 16.5 Å². The van der Waals surface area contributed by atoms with Gasteiger partial charge in [0.25, 0.3) is 0 Å². The van der Waals surface area contributed by atoms with Gasteiger partial charge in [0.15, 0.2) is 0 Å². The molecule has 6 nitrogen and oxygen atoms in total. The van der Waals surface area contributed by atoms with Crippen LogP contribution >= 0.6 is 11.6 Å². The third kappa shape index (κ3) is 4.11. The van der Waals surface area contributed by atoms with E-state index < -0.39 is 15.9 Å². The minimum atomic E-state index is -3.74. The molecule has 0 bridgehead atoms. The van der Waals surface area contributed by atoms with Gasteiger partial charge in [0.05, 0.1) is 22.0 Å². The molecule has 0 atom stereocenters. The lowest BCUT2D eigenvalue weighted by Gasteiger charge is -2.17. The number of nitrogens with one attached hydrogen (secondary N) is 1. The number of amides is 1. The Kier molecular flexibility index (Phi) is 5.57. The second kappa shape index (κ2) is 7.45. The molecule has 24 heavy (non-hydrogen) atoms. The van der Waals surface area contributed by atoms with E-state index >= 15 is 0 Å². The van der Waals surface area contributed by atoms with Crippen molar-refractivity contribution in [3.63, 3.8) is 0 Å². The molecule has 0 spiro atoms. The first kappa shape index (κ1) is 17.9. The number of hydrogen-bond donors (Lipinski definition) is 1. The maximum absolute atomic E-state index is 12.3. The summed E-state index contributed by atoms with van der Waals surface area (Å²) in [5.41, 5.74) is 0.674. The highest BCUT2D eigenvalue weighted by Gasteiger charge is 2.22. The van der Waals surface area contributed by atoms with Crippen LogP contribution in [0, 0.1) is 11.3 Å². The highest BCUT2D eigenvalue weighted by Crippen LogP contribution is 2.20. The first-order chi connectivity index (χ1) is 11.3. The number of nitriles is 1. The maximum Gasteiger partial charge on any atom is 0.243 e. The summed E-state index contributed by atoms with van der Waals surface area (Å²) in [6, 6.07) is 14.2. The fourth-order valence-electron chi connectivity index (χ4n) is 1.94. The van der Waals surface area contributed by atoms with Crippen LogP contribution in [-0.4, -0.2) is 32.2 Å². The predicted molar refractivity (Wildman–Crippen MR) is 91.1 cm³/mol. The molecular weight excluding hydrogens is 350 g/mol. The second-order valence-corrected chi connectivity index (χ2v) is 7.38. The molecule has 0 saturated heterocycles. The Labute approximate surface area is 145 Å². The van der Waals surface area contributed by atoms with Gasteiger partial charge in [0, 0.05) is 12.7 Å². The number of carbonyl (C=O) groups excluding carboxylic acids is 1. The van der Waals surface area contributed by atoms with E-state index in [4.69, 9.17) is 16.9 Å². The van der Waals surface area contributed by atoms with Crippen LogP contribution in [0.1, 0.15) is 5.56 Å². The van der Waals surface area contributed by atoms with E-state index in [1.165, 1.54) is 37.4 Å². The molecule has 0 aliphatic carbocycles. The van der Waals surface area contributed by atoms with E-state index in [1.807, 2.05) is 6.07 Å². The summed E-state index contributed by atoms with van der Waals surface area (Å²) in [6.07, 6.45) is 0. The van der Waals surface area contributed by atoms with Gasteiger partial charge in [-0.25, -0.2) is 8.42 Å². The molecule has 2 rings (SSSR count). The molecule has 0 unspecified atom stereocenters. The van der Waals surface area contributed by atoms with Crippen LogP contribution in [-0.2, 0) is 14.8 Å². The van der Waals surface area contributed by atoms with Crippen LogP contribution in [0.2, 0.25) is 5.02 Å². The fourth-order valence-corrected chi connectivity index (χ4v) is 3.31. The van der Waals surface area contributed by atoms with Gasteiger partial charge in [0.1, 0.15) is 6.07 Å². The lowest BCUT2D eigenvalue weighted by Crippen LogP contribution is -2.34. The van der Waals surface area contributed by atoms with Crippen LogP contribution in [0.3, 0.4) is 0 Å². The average molecular weight is 364 g/mol. The molecule has 0 aliphatic rings. The molecule has 0 aliphatic heterocycles. The van der Waals surface area contributed by atoms with Gasteiger partial charge < -0.3 is 5.32 Å². The number of carbonyl (C=O) groups is 1. The minimum absolute atomic E-state index is 0.113. The molecule has 124 valence electrons. The van der Waals surface area contributed by atoms with Gasteiger partial charge in [-0.15, -0.1) is 0 Å². The summed E-state index contributed by atoms with van der Waals surface area (Å²) in [5.74, 6) is -0.516. The molecule has 0 heterocycles.